The number of para-hydroxylation sites is 1. The van der Waals surface area contributed by atoms with Gasteiger partial charge in [0.1, 0.15) is 6.04 Å². The van der Waals surface area contributed by atoms with E-state index >= 15 is 0 Å². The number of fused-ring (bicyclic) bond motifs is 3. The summed E-state index contributed by atoms with van der Waals surface area (Å²) in [4.78, 5) is 3.44. The lowest BCUT2D eigenvalue weighted by molar-refractivity contribution is -0.917. The summed E-state index contributed by atoms with van der Waals surface area (Å²) in [6.07, 6.45) is 3.14. The molecule has 2 aliphatic heterocycles. The van der Waals surface area contributed by atoms with Gasteiger partial charge in [0.25, 0.3) is 0 Å². The zero-order valence-electron chi connectivity index (χ0n) is 15.7. The summed E-state index contributed by atoms with van der Waals surface area (Å²) < 4.78 is 18.1. The molecule has 0 saturated heterocycles. The Morgan fingerprint density at radius 2 is 2.00 bits per heavy atom. The average molecular weight is 478 g/mol. The van der Waals surface area contributed by atoms with Gasteiger partial charge in [-0.25, -0.2) is 0 Å². The van der Waals surface area contributed by atoms with E-state index in [-0.39, 0.29) is 36.8 Å². The SMILES string of the molecule is COc1c2c(cc3c1C(c1c[nH]c4ccccc14)[N+](C)(C)CC3)OCO2.[I-]. The molecule has 1 N–H and O–H groups in total. The minimum atomic E-state index is 0. The molecule has 0 spiro atoms. The van der Waals surface area contributed by atoms with E-state index in [0.29, 0.717) is 0 Å². The number of benzene rings is 2. The number of hydrogen-bond acceptors (Lipinski definition) is 3. The lowest BCUT2D eigenvalue weighted by Gasteiger charge is -2.43. The minimum Gasteiger partial charge on any atom is -1.00 e. The molecule has 0 aliphatic carbocycles. The van der Waals surface area contributed by atoms with Gasteiger partial charge >= 0.3 is 0 Å². The second kappa shape index (κ2) is 6.60. The van der Waals surface area contributed by atoms with Gasteiger partial charge in [-0.1, -0.05) is 18.2 Å². The Morgan fingerprint density at radius 1 is 1.19 bits per heavy atom. The third-order valence-corrected chi connectivity index (χ3v) is 5.79. The van der Waals surface area contributed by atoms with Crippen LogP contribution in [0.2, 0.25) is 0 Å². The molecule has 3 aromatic rings. The molecule has 0 bridgehead atoms. The van der Waals surface area contributed by atoms with Crippen molar-refractivity contribution in [3.63, 3.8) is 0 Å². The van der Waals surface area contributed by atoms with Gasteiger partial charge in [-0.3, -0.25) is 0 Å². The maximum absolute atomic E-state index is 5.86. The molecule has 2 aromatic carbocycles. The number of halogens is 1. The fourth-order valence-corrected chi connectivity index (χ4v) is 4.53. The van der Waals surface area contributed by atoms with Gasteiger partial charge in [0.15, 0.2) is 11.5 Å². The first-order valence-electron chi connectivity index (χ1n) is 8.98. The maximum atomic E-state index is 5.86. The summed E-state index contributed by atoms with van der Waals surface area (Å²) in [5.41, 5.74) is 4.97. The number of likely N-dealkylation sites (N-methyl/N-ethyl adjacent to an activating group) is 1. The summed E-state index contributed by atoms with van der Waals surface area (Å²) >= 11 is 0. The molecule has 1 atom stereocenters. The van der Waals surface area contributed by atoms with Crippen LogP contribution < -0.4 is 38.2 Å². The Bertz CT molecular complexity index is 1010. The molecule has 0 amide bonds. The van der Waals surface area contributed by atoms with Crippen molar-refractivity contribution in [2.24, 2.45) is 0 Å². The molecule has 0 radical (unpaired) electrons. The van der Waals surface area contributed by atoms with Crippen LogP contribution in [0.5, 0.6) is 17.2 Å². The number of nitrogens with zero attached hydrogens (tertiary/aromatic N) is 1. The largest absolute Gasteiger partial charge is 1.00 e. The number of aromatic amines is 1. The van der Waals surface area contributed by atoms with Crippen LogP contribution in [0.15, 0.2) is 36.5 Å². The van der Waals surface area contributed by atoms with E-state index in [0.717, 1.165) is 40.2 Å². The fourth-order valence-electron chi connectivity index (χ4n) is 4.53. The molecule has 1 unspecified atom stereocenters. The van der Waals surface area contributed by atoms with E-state index in [4.69, 9.17) is 14.2 Å². The van der Waals surface area contributed by atoms with Crippen molar-refractivity contribution in [1.82, 2.24) is 4.98 Å². The van der Waals surface area contributed by atoms with Gasteiger partial charge < -0.3 is 47.7 Å². The highest BCUT2D eigenvalue weighted by atomic mass is 127. The average Bonchev–Trinajstić information content (AvgIpc) is 3.26. The number of ether oxygens (including phenoxy) is 3. The zero-order valence-corrected chi connectivity index (χ0v) is 17.9. The molecular weight excluding hydrogens is 455 g/mol. The van der Waals surface area contributed by atoms with Gasteiger partial charge in [-0.15, -0.1) is 0 Å². The normalized spacial score (nSPS) is 19.4. The van der Waals surface area contributed by atoms with Gasteiger partial charge in [0, 0.05) is 29.1 Å². The number of quaternary nitrogens is 1. The van der Waals surface area contributed by atoms with Crippen LogP contribution in [0, 0.1) is 0 Å². The quantitative estimate of drug-likeness (QED) is 0.435. The van der Waals surface area contributed by atoms with Crippen molar-refractivity contribution in [2.45, 2.75) is 12.5 Å². The Balaban J connectivity index is 0.00000180. The van der Waals surface area contributed by atoms with Gasteiger partial charge in [-0.2, -0.15) is 0 Å². The molecule has 0 fully saturated rings. The molecule has 5 nitrogen and oxygen atoms in total. The lowest BCUT2D eigenvalue weighted by Crippen LogP contribution is -3.00. The highest BCUT2D eigenvalue weighted by molar-refractivity contribution is 5.84. The van der Waals surface area contributed by atoms with Gasteiger partial charge in [0.2, 0.25) is 12.5 Å². The van der Waals surface area contributed by atoms with Crippen molar-refractivity contribution in [2.75, 3.05) is 34.5 Å². The molecule has 27 heavy (non-hydrogen) atoms. The Morgan fingerprint density at radius 3 is 2.81 bits per heavy atom. The number of hydrogen-bond donors (Lipinski definition) is 1. The lowest BCUT2D eigenvalue weighted by atomic mass is 9.85. The number of nitrogens with one attached hydrogen (secondary N) is 1. The van der Waals surface area contributed by atoms with Crippen LogP contribution in [0.1, 0.15) is 22.7 Å². The zero-order chi connectivity index (χ0) is 17.9. The van der Waals surface area contributed by atoms with E-state index in [2.05, 4.69) is 55.6 Å². The standard InChI is InChI=1S/C21H23N2O3.HI/c1-23(2)9-8-13-10-17-20(26-12-25-17)21(24-3)18(13)19(23)15-11-22-16-7-5-4-6-14(15)16;/h4-7,10-11,19,22H,8-9,12H2,1-3H3;1H/q+1;/p-1. The first kappa shape index (κ1) is 18.4. The third-order valence-electron chi connectivity index (χ3n) is 5.79. The first-order chi connectivity index (χ1) is 12.6. The molecule has 3 heterocycles. The summed E-state index contributed by atoms with van der Waals surface area (Å²) in [7, 11) is 6.30. The van der Waals surface area contributed by atoms with Crippen molar-refractivity contribution < 1.29 is 42.7 Å². The fraction of sp³-hybridized carbons (Fsp3) is 0.333. The molecule has 5 rings (SSSR count). The molecule has 6 heteroatoms. The summed E-state index contributed by atoms with van der Waals surface area (Å²) in [5.74, 6) is 2.35. The topological polar surface area (TPSA) is 43.5 Å². The van der Waals surface area contributed by atoms with Crippen LogP contribution in [-0.2, 0) is 6.42 Å². The predicted octanol–water partition coefficient (Wildman–Crippen LogP) is 0.631. The maximum Gasteiger partial charge on any atom is 0.231 e. The number of rotatable bonds is 2. The van der Waals surface area contributed by atoms with Crippen LogP contribution >= 0.6 is 0 Å². The van der Waals surface area contributed by atoms with Crippen LogP contribution in [0.25, 0.3) is 10.9 Å². The van der Waals surface area contributed by atoms with Crippen molar-refractivity contribution in [3.05, 3.63) is 53.2 Å². The van der Waals surface area contributed by atoms with E-state index in [1.165, 1.54) is 22.1 Å². The Hall–Kier alpha value is -1.93. The molecule has 2 aliphatic rings. The van der Waals surface area contributed by atoms with E-state index in [1.54, 1.807) is 7.11 Å². The smallest absolute Gasteiger partial charge is 0.231 e. The van der Waals surface area contributed by atoms with Crippen molar-refractivity contribution >= 4 is 10.9 Å². The van der Waals surface area contributed by atoms with Crippen LogP contribution in [-0.4, -0.2) is 44.0 Å². The van der Waals surface area contributed by atoms with E-state index in [9.17, 15) is 0 Å². The monoisotopic (exact) mass is 478 g/mol. The van der Waals surface area contributed by atoms with Crippen molar-refractivity contribution in [3.8, 4) is 17.2 Å². The summed E-state index contributed by atoms with van der Waals surface area (Å²) in [5, 5.41) is 1.26. The van der Waals surface area contributed by atoms with E-state index in [1.807, 2.05) is 0 Å². The Labute approximate surface area is 175 Å². The van der Waals surface area contributed by atoms with E-state index < -0.39 is 0 Å². The molecule has 1 aromatic heterocycles. The third kappa shape index (κ3) is 2.69. The van der Waals surface area contributed by atoms with Crippen LogP contribution in [0.4, 0.5) is 0 Å². The van der Waals surface area contributed by atoms with Gasteiger partial charge in [-0.05, 0) is 17.7 Å². The van der Waals surface area contributed by atoms with Crippen molar-refractivity contribution in [1.29, 1.82) is 0 Å². The highest BCUT2D eigenvalue weighted by Gasteiger charge is 2.43. The first-order valence-corrected chi connectivity index (χ1v) is 8.98. The predicted molar refractivity (Wildman–Crippen MR) is 99.9 cm³/mol. The summed E-state index contributed by atoms with van der Waals surface area (Å²) in [6.45, 7) is 1.31. The molecule has 142 valence electrons. The number of H-pyrrole nitrogens is 1. The second-order valence-electron chi connectivity index (χ2n) is 7.66. The number of methoxy groups -OCH3 is 1. The minimum absolute atomic E-state index is 0. The second-order valence-corrected chi connectivity index (χ2v) is 7.66. The molecular formula is C21H23IN2O3. The molecule has 0 saturated carbocycles. The highest BCUT2D eigenvalue weighted by Crippen LogP contribution is 2.52. The van der Waals surface area contributed by atoms with Gasteiger partial charge in [0.05, 0.1) is 33.3 Å². The Kier molecular flexibility index (Phi) is 4.50. The van der Waals surface area contributed by atoms with Crippen LogP contribution in [0.3, 0.4) is 0 Å². The number of aromatic nitrogens is 1. The summed E-state index contributed by atoms with van der Waals surface area (Å²) in [6, 6.07) is 10.8.